The lowest BCUT2D eigenvalue weighted by Crippen LogP contribution is -2.22. The van der Waals surface area contributed by atoms with Crippen LogP contribution in [0.2, 0.25) is 0 Å². The number of rotatable bonds is 2. The third-order valence-electron chi connectivity index (χ3n) is 3.69. The van der Waals surface area contributed by atoms with Crippen molar-refractivity contribution in [2.75, 3.05) is 0 Å². The largest absolute Gasteiger partial charge is 0.381 e. The van der Waals surface area contributed by atoms with E-state index in [0.717, 1.165) is 22.0 Å². The van der Waals surface area contributed by atoms with Crippen LogP contribution in [-0.2, 0) is 5.60 Å². The van der Waals surface area contributed by atoms with Crippen molar-refractivity contribution in [3.05, 3.63) is 71.4 Å². The van der Waals surface area contributed by atoms with Gasteiger partial charge in [-0.1, -0.05) is 18.2 Å². The molecule has 0 spiro atoms. The molecule has 1 heterocycles. The first-order chi connectivity index (χ1) is 9.61. The van der Waals surface area contributed by atoms with Gasteiger partial charge in [-0.25, -0.2) is 0 Å². The van der Waals surface area contributed by atoms with Crippen molar-refractivity contribution in [2.45, 2.75) is 12.5 Å². The molecule has 20 heavy (non-hydrogen) atoms. The molecule has 0 saturated carbocycles. The Morgan fingerprint density at radius 3 is 2.45 bits per heavy atom. The predicted molar refractivity (Wildman–Crippen MR) is 78.1 cm³/mol. The number of fused-ring (bicyclic) bond motifs is 1. The molecule has 3 heteroatoms. The van der Waals surface area contributed by atoms with Gasteiger partial charge < -0.3 is 10.1 Å². The fourth-order valence-electron chi connectivity index (χ4n) is 2.39. The Hall–Kier alpha value is -2.57. The number of aromatic nitrogens is 1. The highest BCUT2D eigenvalue weighted by atomic mass is 16.3. The van der Waals surface area contributed by atoms with Gasteiger partial charge in [0.05, 0.1) is 11.6 Å². The molecule has 1 unspecified atom stereocenters. The summed E-state index contributed by atoms with van der Waals surface area (Å²) in [6.07, 6.45) is 1.88. The van der Waals surface area contributed by atoms with Gasteiger partial charge in [0.15, 0.2) is 0 Å². The van der Waals surface area contributed by atoms with Crippen molar-refractivity contribution in [1.29, 1.82) is 5.26 Å². The molecule has 0 bridgehead atoms. The monoisotopic (exact) mass is 262 g/mol. The summed E-state index contributed by atoms with van der Waals surface area (Å²) in [5.74, 6) is 0. The normalized spacial score (nSPS) is 13.8. The van der Waals surface area contributed by atoms with Gasteiger partial charge in [0.2, 0.25) is 0 Å². The minimum absolute atomic E-state index is 0.589. The smallest absolute Gasteiger partial charge is 0.112 e. The Labute approximate surface area is 117 Å². The number of hydrogen-bond acceptors (Lipinski definition) is 2. The molecule has 0 aliphatic heterocycles. The number of benzene rings is 2. The van der Waals surface area contributed by atoms with Gasteiger partial charge in [-0.2, -0.15) is 5.26 Å². The van der Waals surface area contributed by atoms with E-state index in [4.69, 9.17) is 5.26 Å². The van der Waals surface area contributed by atoms with E-state index in [9.17, 15) is 5.11 Å². The van der Waals surface area contributed by atoms with Crippen molar-refractivity contribution in [3.63, 3.8) is 0 Å². The number of nitrogens with zero attached hydrogens (tertiary/aromatic N) is 1. The maximum atomic E-state index is 10.8. The molecule has 3 nitrogen and oxygen atoms in total. The van der Waals surface area contributed by atoms with Crippen LogP contribution in [0.5, 0.6) is 0 Å². The Bertz CT molecular complexity index is 792. The van der Waals surface area contributed by atoms with Crippen molar-refractivity contribution < 1.29 is 5.11 Å². The summed E-state index contributed by atoms with van der Waals surface area (Å²) in [6, 6.07) is 16.9. The first-order valence-corrected chi connectivity index (χ1v) is 6.42. The van der Waals surface area contributed by atoms with Gasteiger partial charge in [-0.05, 0) is 53.8 Å². The molecular formula is C17H14N2O. The zero-order valence-electron chi connectivity index (χ0n) is 11.1. The number of H-pyrrole nitrogens is 1. The maximum Gasteiger partial charge on any atom is 0.112 e. The van der Waals surface area contributed by atoms with E-state index in [-0.39, 0.29) is 0 Å². The van der Waals surface area contributed by atoms with Crippen LogP contribution in [0.1, 0.15) is 23.6 Å². The van der Waals surface area contributed by atoms with Crippen LogP contribution >= 0.6 is 0 Å². The summed E-state index contributed by atoms with van der Waals surface area (Å²) >= 11 is 0. The molecule has 2 aromatic carbocycles. The molecule has 3 aromatic rings. The summed E-state index contributed by atoms with van der Waals surface area (Å²) in [4.78, 5) is 3.14. The van der Waals surface area contributed by atoms with Crippen LogP contribution in [0.25, 0.3) is 10.9 Å². The van der Waals surface area contributed by atoms with Crippen LogP contribution in [0, 0.1) is 11.3 Å². The number of aromatic amines is 1. The lowest BCUT2D eigenvalue weighted by atomic mass is 9.87. The molecule has 0 radical (unpaired) electrons. The second-order valence-electron chi connectivity index (χ2n) is 5.04. The SMILES string of the molecule is CC(O)(c1ccc(C#N)cc1)c1ccc2[nH]ccc2c1. The molecule has 0 fully saturated rings. The Morgan fingerprint density at radius 1 is 1.05 bits per heavy atom. The quantitative estimate of drug-likeness (QED) is 0.744. The van der Waals surface area contributed by atoms with Crippen LogP contribution in [0.4, 0.5) is 0 Å². The zero-order valence-corrected chi connectivity index (χ0v) is 11.1. The molecule has 0 aliphatic carbocycles. The third kappa shape index (κ3) is 1.97. The average Bonchev–Trinajstić information content (AvgIpc) is 2.94. The van der Waals surface area contributed by atoms with E-state index < -0.39 is 5.60 Å². The first-order valence-electron chi connectivity index (χ1n) is 6.42. The van der Waals surface area contributed by atoms with E-state index in [1.807, 2.05) is 30.5 Å². The number of aliphatic hydroxyl groups is 1. The molecule has 2 N–H and O–H groups in total. The molecule has 1 atom stereocenters. The Balaban J connectivity index is 2.07. The number of hydrogen-bond donors (Lipinski definition) is 2. The molecule has 0 aliphatic rings. The van der Waals surface area contributed by atoms with Gasteiger partial charge in [0.25, 0.3) is 0 Å². The van der Waals surface area contributed by atoms with Crippen molar-refractivity contribution in [1.82, 2.24) is 4.98 Å². The molecule has 98 valence electrons. The van der Waals surface area contributed by atoms with Gasteiger partial charge in [-0.15, -0.1) is 0 Å². The van der Waals surface area contributed by atoms with Crippen LogP contribution in [0.15, 0.2) is 54.7 Å². The predicted octanol–water partition coefficient (Wildman–Crippen LogP) is 3.30. The summed E-state index contributed by atoms with van der Waals surface area (Å²) < 4.78 is 0. The number of nitrogens with one attached hydrogen (secondary N) is 1. The van der Waals surface area contributed by atoms with E-state index in [1.54, 1.807) is 31.2 Å². The Kier molecular flexibility index (Phi) is 2.81. The highest BCUT2D eigenvalue weighted by Crippen LogP contribution is 2.31. The second-order valence-corrected chi connectivity index (χ2v) is 5.04. The average molecular weight is 262 g/mol. The third-order valence-corrected chi connectivity index (χ3v) is 3.69. The van der Waals surface area contributed by atoms with E-state index in [2.05, 4.69) is 11.1 Å². The summed E-state index contributed by atoms with van der Waals surface area (Å²) in [5.41, 5.74) is 2.15. The van der Waals surface area contributed by atoms with Crippen molar-refractivity contribution in [2.24, 2.45) is 0 Å². The molecule has 0 amide bonds. The van der Waals surface area contributed by atoms with Gasteiger partial charge in [0, 0.05) is 11.7 Å². The van der Waals surface area contributed by atoms with E-state index >= 15 is 0 Å². The van der Waals surface area contributed by atoms with Gasteiger partial charge in [0.1, 0.15) is 5.60 Å². The summed E-state index contributed by atoms with van der Waals surface area (Å²) in [6.45, 7) is 1.77. The second kappa shape index (κ2) is 4.52. The highest BCUT2D eigenvalue weighted by Gasteiger charge is 2.25. The molecular weight excluding hydrogens is 248 g/mol. The van der Waals surface area contributed by atoms with Crippen molar-refractivity contribution >= 4 is 10.9 Å². The van der Waals surface area contributed by atoms with Crippen LogP contribution in [0.3, 0.4) is 0 Å². The minimum Gasteiger partial charge on any atom is -0.381 e. The lowest BCUT2D eigenvalue weighted by Gasteiger charge is -2.24. The van der Waals surface area contributed by atoms with E-state index in [0.29, 0.717) is 5.56 Å². The number of nitriles is 1. The summed E-state index contributed by atoms with van der Waals surface area (Å²) in [7, 11) is 0. The molecule has 3 rings (SSSR count). The summed E-state index contributed by atoms with van der Waals surface area (Å²) in [5, 5.41) is 20.7. The highest BCUT2D eigenvalue weighted by molar-refractivity contribution is 5.80. The Morgan fingerprint density at radius 2 is 1.75 bits per heavy atom. The lowest BCUT2D eigenvalue weighted by molar-refractivity contribution is 0.102. The van der Waals surface area contributed by atoms with Crippen LogP contribution in [-0.4, -0.2) is 10.1 Å². The first kappa shape index (κ1) is 12.5. The molecule has 1 aromatic heterocycles. The zero-order chi connectivity index (χ0) is 14.2. The van der Waals surface area contributed by atoms with Crippen LogP contribution < -0.4 is 0 Å². The standard InChI is InChI=1S/C17H14N2O/c1-17(20,14-4-2-12(11-18)3-5-14)15-6-7-16-13(10-15)8-9-19-16/h2-10,19-20H,1H3. The van der Waals surface area contributed by atoms with Gasteiger partial charge in [-0.3, -0.25) is 0 Å². The van der Waals surface area contributed by atoms with E-state index in [1.165, 1.54) is 0 Å². The maximum absolute atomic E-state index is 10.8. The topological polar surface area (TPSA) is 59.8 Å². The fourth-order valence-corrected chi connectivity index (χ4v) is 2.39. The fraction of sp³-hybridized carbons (Fsp3) is 0.118. The van der Waals surface area contributed by atoms with Crippen molar-refractivity contribution in [3.8, 4) is 6.07 Å². The minimum atomic E-state index is -1.08. The molecule has 0 saturated heterocycles. The van der Waals surface area contributed by atoms with Gasteiger partial charge >= 0.3 is 0 Å².